The maximum absolute atomic E-state index is 12.9. The molecule has 12 heteroatoms. The summed E-state index contributed by atoms with van der Waals surface area (Å²) in [5, 5.41) is 2.33. The summed E-state index contributed by atoms with van der Waals surface area (Å²) in [6.07, 6.45) is -3.33. The zero-order chi connectivity index (χ0) is 23.5. The molecular formula is C20H15ClF3N3O4S. The lowest BCUT2D eigenvalue weighted by Crippen LogP contribution is -2.16. The van der Waals surface area contributed by atoms with E-state index in [1.165, 1.54) is 37.6 Å². The van der Waals surface area contributed by atoms with Crippen molar-refractivity contribution in [3.05, 3.63) is 76.9 Å². The second-order valence-corrected chi connectivity index (χ2v) is 8.46. The number of amides is 1. The SMILES string of the molecule is COc1ccc(NC(=O)c2cccc(S(=O)(=O)Nc3cc(C(F)(F)F)ccc3Cl)c2)cn1. The van der Waals surface area contributed by atoms with E-state index in [0.29, 0.717) is 17.6 Å². The smallest absolute Gasteiger partial charge is 0.416 e. The number of hydrogen-bond donors (Lipinski definition) is 2. The monoisotopic (exact) mass is 485 g/mol. The molecule has 2 N–H and O–H groups in total. The molecule has 0 saturated carbocycles. The van der Waals surface area contributed by atoms with Crippen molar-refractivity contribution in [3.63, 3.8) is 0 Å². The largest absolute Gasteiger partial charge is 0.481 e. The van der Waals surface area contributed by atoms with Gasteiger partial charge in [-0.2, -0.15) is 13.2 Å². The Balaban J connectivity index is 1.84. The van der Waals surface area contributed by atoms with Gasteiger partial charge in [0.2, 0.25) is 5.88 Å². The molecule has 1 heterocycles. The highest BCUT2D eigenvalue weighted by Crippen LogP contribution is 2.34. The van der Waals surface area contributed by atoms with Gasteiger partial charge >= 0.3 is 6.18 Å². The van der Waals surface area contributed by atoms with Crippen LogP contribution in [0.25, 0.3) is 0 Å². The molecule has 1 aromatic heterocycles. The van der Waals surface area contributed by atoms with Crippen molar-refractivity contribution >= 4 is 38.9 Å². The van der Waals surface area contributed by atoms with E-state index < -0.39 is 33.4 Å². The first kappa shape index (κ1) is 23.4. The van der Waals surface area contributed by atoms with Crippen molar-refractivity contribution in [3.8, 4) is 5.88 Å². The van der Waals surface area contributed by atoms with E-state index in [9.17, 15) is 26.4 Å². The normalized spacial score (nSPS) is 11.7. The summed E-state index contributed by atoms with van der Waals surface area (Å²) < 4.78 is 71.2. The first-order valence-electron chi connectivity index (χ1n) is 8.80. The van der Waals surface area contributed by atoms with Crippen LogP contribution in [0.3, 0.4) is 0 Å². The van der Waals surface area contributed by atoms with Gasteiger partial charge < -0.3 is 10.1 Å². The van der Waals surface area contributed by atoms with Gasteiger partial charge in [-0.25, -0.2) is 13.4 Å². The van der Waals surface area contributed by atoms with Gasteiger partial charge in [0, 0.05) is 11.6 Å². The van der Waals surface area contributed by atoms with Gasteiger partial charge in [0.15, 0.2) is 0 Å². The molecule has 3 rings (SSSR count). The summed E-state index contributed by atoms with van der Waals surface area (Å²) in [7, 11) is -2.91. The number of ether oxygens (including phenoxy) is 1. The Kier molecular flexibility index (Phi) is 6.60. The molecule has 0 radical (unpaired) electrons. The van der Waals surface area contributed by atoms with Crippen molar-refractivity contribution in [2.24, 2.45) is 0 Å². The zero-order valence-electron chi connectivity index (χ0n) is 16.3. The summed E-state index contributed by atoms with van der Waals surface area (Å²) in [5.74, 6) is -0.276. The number of carbonyl (C=O) groups excluding carboxylic acids is 1. The number of nitrogens with zero attached hydrogens (tertiary/aromatic N) is 1. The Bertz CT molecular complexity index is 1250. The molecule has 3 aromatic rings. The Morgan fingerprint density at radius 2 is 1.84 bits per heavy atom. The molecule has 0 atom stereocenters. The van der Waals surface area contributed by atoms with Gasteiger partial charge in [0.25, 0.3) is 15.9 Å². The van der Waals surface area contributed by atoms with Gasteiger partial charge in [-0.1, -0.05) is 17.7 Å². The Labute approximate surface area is 186 Å². The minimum atomic E-state index is -4.68. The van der Waals surface area contributed by atoms with E-state index in [4.69, 9.17) is 16.3 Å². The van der Waals surface area contributed by atoms with Crippen molar-refractivity contribution < 1.29 is 31.1 Å². The third-order valence-corrected chi connectivity index (χ3v) is 5.84. The van der Waals surface area contributed by atoms with E-state index in [0.717, 1.165) is 18.2 Å². The topological polar surface area (TPSA) is 97.4 Å². The van der Waals surface area contributed by atoms with Crippen LogP contribution in [0, 0.1) is 0 Å². The number of anilines is 2. The Hall–Kier alpha value is -3.31. The number of carbonyl (C=O) groups is 1. The van der Waals surface area contributed by atoms with Crippen LogP contribution in [-0.2, 0) is 16.2 Å². The van der Waals surface area contributed by atoms with Gasteiger partial charge in [0.05, 0.1) is 40.2 Å². The average Bonchev–Trinajstić information content (AvgIpc) is 2.75. The van der Waals surface area contributed by atoms with Crippen LogP contribution in [0.2, 0.25) is 5.02 Å². The maximum atomic E-state index is 12.9. The van der Waals surface area contributed by atoms with E-state index in [1.54, 1.807) is 6.07 Å². The fourth-order valence-corrected chi connectivity index (χ4v) is 3.90. The van der Waals surface area contributed by atoms with Crippen LogP contribution in [0.5, 0.6) is 5.88 Å². The molecule has 0 aliphatic heterocycles. The van der Waals surface area contributed by atoms with E-state index in [2.05, 4.69) is 10.3 Å². The second-order valence-electron chi connectivity index (χ2n) is 6.37. The van der Waals surface area contributed by atoms with Crippen LogP contribution >= 0.6 is 11.6 Å². The first-order chi connectivity index (χ1) is 15.0. The van der Waals surface area contributed by atoms with Crippen molar-refractivity contribution in [2.45, 2.75) is 11.1 Å². The Morgan fingerprint density at radius 3 is 2.47 bits per heavy atom. The third-order valence-electron chi connectivity index (χ3n) is 4.15. The van der Waals surface area contributed by atoms with Crippen LogP contribution in [0.4, 0.5) is 24.5 Å². The highest BCUT2D eigenvalue weighted by molar-refractivity contribution is 7.92. The number of rotatable bonds is 6. The van der Waals surface area contributed by atoms with E-state index >= 15 is 0 Å². The molecule has 1 amide bonds. The summed E-state index contributed by atoms with van der Waals surface area (Å²) in [4.78, 5) is 16.1. The minimum absolute atomic E-state index is 0.00108. The predicted octanol–water partition coefficient (Wildman–Crippen LogP) is 4.82. The molecule has 32 heavy (non-hydrogen) atoms. The molecule has 168 valence electrons. The molecule has 2 aromatic carbocycles. The lowest BCUT2D eigenvalue weighted by molar-refractivity contribution is -0.137. The number of benzene rings is 2. The molecule has 0 aliphatic carbocycles. The number of methoxy groups -OCH3 is 1. The van der Waals surface area contributed by atoms with Gasteiger partial charge in [-0.15, -0.1) is 0 Å². The minimum Gasteiger partial charge on any atom is -0.481 e. The third kappa shape index (κ3) is 5.48. The zero-order valence-corrected chi connectivity index (χ0v) is 17.8. The number of pyridine rings is 1. The van der Waals surface area contributed by atoms with Gasteiger partial charge in [-0.05, 0) is 42.5 Å². The Morgan fingerprint density at radius 1 is 1.09 bits per heavy atom. The molecule has 0 unspecified atom stereocenters. The van der Waals surface area contributed by atoms with E-state index in [-0.39, 0.29) is 15.5 Å². The number of sulfonamides is 1. The summed E-state index contributed by atoms with van der Waals surface area (Å²) in [6, 6.07) is 10.3. The van der Waals surface area contributed by atoms with Crippen LogP contribution in [-0.4, -0.2) is 26.4 Å². The van der Waals surface area contributed by atoms with Crippen molar-refractivity contribution in [1.29, 1.82) is 0 Å². The predicted molar refractivity (Wildman–Crippen MR) is 112 cm³/mol. The molecule has 0 bridgehead atoms. The van der Waals surface area contributed by atoms with E-state index in [1.807, 2.05) is 4.72 Å². The lowest BCUT2D eigenvalue weighted by Gasteiger charge is -2.13. The fraction of sp³-hybridized carbons (Fsp3) is 0.100. The fourth-order valence-electron chi connectivity index (χ4n) is 2.57. The lowest BCUT2D eigenvalue weighted by atomic mass is 10.2. The first-order valence-corrected chi connectivity index (χ1v) is 10.7. The summed E-state index contributed by atoms with van der Waals surface area (Å²) >= 11 is 5.86. The van der Waals surface area contributed by atoms with Crippen molar-refractivity contribution in [2.75, 3.05) is 17.1 Å². The summed E-state index contributed by atoms with van der Waals surface area (Å²) in [6.45, 7) is 0. The highest BCUT2D eigenvalue weighted by Gasteiger charge is 2.31. The van der Waals surface area contributed by atoms with Gasteiger partial charge in [-0.3, -0.25) is 9.52 Å². The maximum Gasteiger partial charge on any atom is 0.416 e. The molecule has 7 nitrogen and oxygen atoms in total. The number of alkyl halides is 3. The molecule has 0 spiro atoms. The van der Waals surface area contributed by atoms with Crippen LogP contribution in [0.1, 0.15) is 15.9 Å². The van der Waals surface area contributed by atoms with Crippen LogP contribution in [0.15, 0.2) is 65.7 Å². The molecule has 0 aliphatic rings. The molecule has 0 saturated heterocycles. The van der Waals surface area contributed by atoms with Crippen LogP contribution < -0.4 is 14.8 Å². The van der Waals surface area contributed by atoms with Crippen molar-refractivity contribution in [1.82, 2.24) is 4.98 Å². The standard InChI is InChI=1S/C20H15ClF3N3O4S/c1-31-18-8-6-14(11-25-18)26-19(28)12-3-2-4-15(9-12)32(29,30)27-17-10-13(20(22,23)24)5-7-16(17)21/h2-11,27H,1H3,(H,26,28). The quantitative estimate of drug-likeness (QED) is 0.522. The average molecular weight is 486 g/mol. The molecular weight excluding hydrogens is 471 g/mol. The number of aromatic nitrogens is 1. The number of halogens is 4. The number of hydrogen-bond acceptors (Lipinski definition) is 5. The number of nitrogens with one attached hydrogen (secondary N) is 2. The highest BCUT2D eigenvalue weighted by atomic mass is 35.5. The second kappa shape index (κ2) is 9.05. The molecule has 0 fully saturated rings. The summed E-state index contributed by atoms with van der Waals surface area (Å²) in [5.41, 5.74) is -1.17. The van der Waals surface area contributed by atoms with Gasteiger partial charge in [0.1, 0.15) is 0 Å².